The Balaban J connectivity index is 1.44. The number of benzene rings is 2. The zero-order valence-corrected chi connectivity index (χ0v) is 24.1. The topological polar surface area (TPSA) is 86.7 Å². The van der Waals surface area contributed by atoms with Crippen LogP contribution < -0.4 is 4.74 Å². The van der Waals surface area contributed by atoms with E-state index in [4.69, 9.17) is 9.47 Å². The number of fused-ring (bicyclic) bond motifs is 5. The van der Waals surface area contributed by atoms with E-state index < -0.39 is 5.97 Å². The second-order valence-corrected chi connectivity index (χ2v) is 12.3. The zero-order chi connectivity index (χ0) is 27.9. The van der Waals surface area contributed by atoms with E-state index in [-0.39, 0.29) is 40.7 Å². The molecule has 0 radical (unpaired) electrons. The average Bonchev–Trinajstić information content (AvgIpc) is 3.22. The molecule has 2 saturated carbocycles. The number of ketones is 2. The number of halogens is 1. The molecule has 2 fully saturated rings. The lowest BCUT2D eigenvalue weighted by atomic mass is 9.55. The lowest BCUT2D eigenvalue weighted by Crippen LogP contribution is -2.45. The number of ether oxygens (including phenoxy) is 2. The zero-order valence-electron chi connectivity index (χ0n) is 22.5. The minimum absolute atomic E-state index is 0.0310. The molecule has 0 spiro atoms. The second kappa shape index (κ2) is 10.8. The molecular weight excluding hydrogens is 560 g/mol. The Bertz CT molecular complexity index is 1360. The maximum atomic E-state index is 13.4. The quantitative estimate of drug-likeness (QED) is 0.159. The van der Waals surface area contributed by atoms with Crippen molar-refractivity contribution in [1.82, 2.24) is 0 Å². The minimum atomic E-state index is -0.497. The highest BCUT2D eigenvalue weighted by atomic mass is 79.9. The Morgan fingerprint density at radius 1 is 0.923 bits per heavy atom. The van der Waals surface area contributed by atoms with Gasteiger partial charge in [-0.05, 0) is 116 Å². The number of carbonyl (C=O) groups is 4. The van der Waals surface area contributed by atoms with Crippen LogP contribution in [0.3, 0.4) is 0 Å². The number of allylic oxidation sites excluding steroid dienone is 2. The van der Waals surface area contributed by atoms with Gasteiger partial charge < -0.3 is 9.47 Å². The van der Waals surface area contributed by atoms with Gasteiger partial charge in [-0.15, -0.1) is 0 Å². The van der Waals surface area contributed by atoms with Crippen molar-refractivity contribution >= 4 is 39.4 Å². The van der Waals surface area contributed by atoms with Crippen LogP contribution in [-0.2, 0) is 20.7 Å². The Morgan fingerprint density at radius 2 is 1.64 bits per heavy atom. The molecular formula is C32H33BrO6. The smallest absolute Gasteiger partial charge is 0.308 e. The van der Waals surface area contributed by atoms with Crippen LogP contribution in [0.5, 0.6) is 5.75 Å². The predicted octanol–water partition coefficient (Wildman–Crippen LogP) is 6.78. The van der Waals surface area contributed by atoms with Crippen LogP contribution in [0.25, 0.3) is 0 Å². The van der Waals surface area contributed by atoms with E-state index in [0.29, 0.717) is 23.0 Å². The van der Waals surface area contributed by atoms with Gasteiger partial charge >= 0.3 is 11.9 Å². The fraction of sp³-hybridized carbons (Fsp3) is 0.438. The molecule has 7 heteroatoms. The molecule has 0 amide bonds. The van der Waals surface area contributed by atoms with Crippen molar-refractivity contribution < 1.29 is 28.7 Å². The van der Waals surface area contributed by atoms with Crippen molar-refractivity contribution in [3.05, 3.63) is 75.3 Å². The number of esters is 2. The van der Waals surface area contributed by atoms with Gasteiger partial charge in [0.25, 0.3) is 0 Å². The molecule has 0 saturated heterocycles. The van der Waals surface area contributed by atoms with Crippen LogP contribution >= 0.6 is 15.9 Å². The van der Waals surface area contributed by atoms with Gasteiger partial charge in [-0.3, -0.25) is 19.2 Å². The van der Waals surface area contributed by atoms with Gasteiger partial charge in [0.2, 0.25) is 0 Å². The third-order valence-electron chi connectivity index (χ3n) is 9.08. The highest BCUT2D eigenvalue weighted by Crippen LogP contribution is 2.61. The maximum absolute atomic E-state index is 13.4. The van der Waals surface area contributed by atoms with Gasteiger partial charge in [0.1, 0.15) is 11.9 Å². The van der Waals surface area contributed by atoms with Gasteiger partial charge in [0.15, 0.2) is 11.6 Å². The molecule has 0 heterocycles. The van der Waals surface area contributed by atoms with Gasteiger partial charge in [-0.1, -0.05) is 22.9 Å². The number of rotatable bonds is 6. The molecule has 2 aromatic carbocycles. The van der Waals surface area contributed by atoms with Crippen LogP contribution in [0, 0.1) is 17.3 Å². The molecule has 39 heavy (non-hydrogen) atoms. The first-order valence-electron chi connectivity index (χ1n) is 13.6. The molecule has 204 valence electrons. The Kier molecular flexibility index (Phi) is 7.64. The van der Waals surface area contributed by atoms with Crippen molar-refractivity contribution in [3.8, 4) is 5.75 Å². The van der Waals surface area contributed by atoms with Crippen LogP contribution in [-0.4, -0.2) is 29.6 Å². The minimum Gasteiger partial charge on any atom is -0.462 e. The van der Waals surface area contributed by atoms with E-state index in [2.05, 4.69) is 22.9 Å². The SMILES string of the molecule is CC(=O)Oc1cc2c(cc1C(=O)/C=C\C(=O)c1ccc(Br)cc1)[C@H]1CC[C@]3(C)[C@@H](OC(C)=O)CC[C@H]3[C@@H]1CC2. The Labute approximate surface area is 237 Å². The first-order chi connectivity index (χ1) is 18.6. The van der Waals surface area contributed by atoms with E-state index >= 15 is 0 Å². The number of hydrogen-bond acceptors (Lipinski definition) is 6. The number of hydrogen-bond donors (Lipinski definition) is 0. The van der Waals surface area contributed by atoms with Gasteiger partial charge in [-0.2, -0.15) is 0 Å². The summed E-state index contributed by atoms with van der Waals surface area (Å²) in [6, 6.07) is 10.7. The lowest BCUT2D eigenvalue weighted by molar-refractivity contribution is -0.154. The van der Waals surface area contributed by atoms with Crippen LogP contribution in [0.1, 0.15) is 90.6 Å². The molecule has 3 aliphatic carbocycles. The molecule has 5 rings (SSSR count). The van der Waals surface area contributed by atoms with E-state index in [9.17, 15) is 19.2 Å². The van der Waals surface area contributed by atoms with E-state index in [1.807, 2.05) is 12.1 Å². The summed E-state index contributed by atoms with van der Waals surface area (Å²) in [5, 5.41) is 0. The van der Waals surface area contributed by atoms with Crippen LogP contribution in [0.4, 0.5) is 0 Å². The lowest BCUT2D eigenvalue weighted by Gasteiger charge is -2.50. The average molecular weight is 594 g/mol. The summed E-state index contributed by atoms with van der Waals surface area (Å²) < 4.78 is 12.1. The first kappa shape index (κ1) is 27.5. The molecule has 0 aliphatic heterocycles. The normalized spacial score (nSPS) is 27.3. The summed E-state index contributed by atoms with van der Waals surface area (Å²) in [6.45, 7) is 5.08. The summed E-state index contributed by atoms with van der Waals surface area (Å²) in [7, 11) is 0. The third kappa shape index (κ3) is 5.38. The van der Waals surface area contributed by atoms with Crippen LogP contribution in [0.2, 0.25) is 0 Å². The molecule has 3 aliphatic rings. The van der Waals surface area contributed by atoms with Crippen molar-refractivity contribution in [2.75, 3.05) is 0 Å². The van der Waals surface area contributed by atoms with E-state index in [1.54, 1.807) is 24.3 Å². The third-order valence-corrected chi connectivity index (χ3v) is 9.61. The summed E-state index contributed by atoms with van der Waals surface area (Å²) >= 11 is 3.35. The van der Waals surface area contributed by atoms with Gasteiger partial charge in [0, 0.05) is 29.3 Å². The highest BCUT2D eigenvalue weighted by Gasteiger charge is 2.56. The van der Waals surface area contributed by atoms with Crippen molar-refractivity contribution in [2.24, 2.45) is 17.3 Å². The summed E-state index contributed by atoms with van der Waals surface area (Å²) in [5.74, 6) is 0.0415. The maximum Gasteiger partial charge on any atom is 0.308 e. The molecule has 5 atom stereocenters. The monoisotopic (exact) mass is 592 g/mol. The number of carbonyl (C=O) groups excluding carboxylic acids is 4. The molecule has 2 aromatic rings. The van der Waals surface area contributed by atoms with Crippen molar-refractivity contribution in [3.63, 3.8) is 0 Å². The standard InChI is InChI=1S/C32H33BrO6/c1-18(34)38-30-16-21-6-9-24-23(14-15-32(3)27(24)10-13-31(32)39-19(2)35)25(21)17-26(30)29(37)12-11-28(36)20-4-7-22(33)8-5-20/h4-5,7-8,11-12,16-17,23-24,27,31H,6,9-10,13-15H2,1-3H3/b12-11-/t23-,24+,27-,31-,32-/m0/s1. The summed E-state index contributed by atoms with van der Waals surface area (Å²) in [6.07, 6.45) is 8.16. The summed E-state index contributed by atoms with van der Waals surface area (Å²) in [4.78, 5) is 49.6. The molecule has 0 N–H and O–H groups in total. The predicted molar refractivity (Wildman–Crippen MR) is 150 cm³/mol. The van der Waals surface area contributed by atoms with Crippen molar-refractivity contribution in [2.45, 2.75) is 71.3 Å². The summed E-state index contributed by atoms with van der Waals surface area (Å²) in [5.41, 5.74) is 2.98. The second-order valence-electron chi connectivity index (χ2n) is 11.3. The number of aryl methyl sites for hydroxylation is 1. The molecule has 0 aromatic heterocycles. The van der Waals surface area contributed by atoms with E-state index in [0.717, 1.165) is 54.1 Å². The first-order valence-corrected chi connectivity index (χ1v) is 14.4. The molecule has 0 unspecified atom stereocenters. The highest BCUT2D eigenvalue weighted by molar-refractivity contribution is 9.10. The fourth-order valence-electron chi connectivity index (χ4n) is 7.33. The van der Waals surface area contributed by atoms with Gasteiger partial charge in [0.05, 0.1) is 5.56 Å². The van der Waals surface area contributed by atoms with Crippen LogP contribution in [0.15, 0.2) is 53.0 Å². The molecule has 0 bridgehead atoms. The van der Waals surface area contributed by atoms with Gasteiger partial charge in [-0.25, -0.2) is 0 Å². The Morgan fingerprint density at radius 3 is 2.33 bits per heavy atom. The Hall–Kier alpha value is -3.06. The fourth-order valence-corrected chi connectivity index (χ4v) is 7.59. The van der Waals surface area contributed by atoms with Crippen molar-refractivity contribution in [1.29, 1.82) is 0 Å². The van der Waals surface area contributed by atoms with E-state index in [1.165, 1.54) is 26.0 Å². The largest absolute Gasteiger partial charge is 0.462 e. The molecule has 6 nitrogen and oxygen atoms in total.